The molecule has 0 fully saturated rings. The van der Waals surface area contributed by atoms with Crippen LogP contribution < -0.4 is 10.9 Å². The van der Waals surface area contributed by atoms with Gasteiger partial charge in [-0.1, -0.05) is 49.0 Å². The number of nitrogens with one attached hydrogen (secondary N) is 2. The number of thioether (sulfide) groups is 1. The third-order valence-corrected chi connectivity index (χ3v) is 4.89. The van der Waals surface area contributed by atoms with Crippen molar-refractivity contribution < 1.29 is 9.53 Å². The van der Waals surface area contributed by atoms with Gasteiger partial charge in [0.2, 0.25) is 0 Å². The second-order valence-electron chi connectivity index (χ2n) is 5.79. The Kier molecular flexibility index (Phi) is 5.46. The van der Waals surface area contributed by atoms with Crippen molar-refractivity contribution >= 4 is 23.5 Å². The summed E-state index contributed by atoms with van der Waals surface area (Å²) in [4.78, 5) is 32.8. The minimum absolute atomic E-state index is 0.249. The number of rotatable bonds is 5. The van der Waals surface area contributed by atoms with Crippen molar-refractivity contribution in [3.05, 3.63) is 63.1 Å². The molecule has 2 aromatic rings. The Bertz CT molecular complexity index is 906. The smallest absolute Gasteiger partial charge is 0.336 e. The lowest BCUT2D eigenvalue weighted by atomic mass is 9.82. The van der Waals surface area contributed by atoms with E-state index in [0.717, 1.165) is 11.3 Å². The molecule has 0 saturated carbocycles. The molecular formula is C19H21N3O3S. The van der Waals surface area contributed by atoms with Gasteiger partial charge in [-0.05, 0) is 25.2 Å². The van der Waals surface area contributed by atoms with Crippen molar-refractivity contribution in [2.24, 2.45) is 0 Å². The molecule has 0 saturated heterocycles. The molecule has 1 aromatic carbocycles. The van der Waals surface area contributed by atoms with Crippen LogP contribution in [0.1, 0.15) is 37.8 Å². The van der Waals surface area contributed by atoms with E-state index in [1.165, 1.54) is 11.8 Å². The van der Waals surface area contributed by atoms with Crippen LogP contribution in [0.3, 0.4) is 0 Å². The molecule has 1 atom stereocenters. The first-order valence-corrected chi connectivity index (χ1v) is 9.52. The van der Waals surface area contributed by atoms with Gasteiger partial charge >= 0.3 is 5.97 Å². The van der Waals surface area contributed by atoms with Gasteiger partial charge in [0.1, 0.15) is 5.82 Å². The number of anilines is 1. The number of aromatic nitrogens is 2. The number of ether oxygens (including phenoxy) is 1. The third kappa shape index (κ3) is 3.39. The Balaban J connectivity index is 2.22. The highest BCUT2D eigenvalue weighted by molar-refractivity contribution is 7.99. The first-order chi connectivity index (χ1) is 12.6. The Morgan fingerprint density at radius 2 is 2.00 bits per heavy atom. The number of carbonyl (C=O) groups is 1. The molecule has 1 aliphatic heterocycles. The van der Waals surface area contributed by atoms with E-state index in [1.54, 1.807) is 13.8 Å². The molecule has 0 spiro atoms. The molecule has 3 rings (SSSR count). The zero-order chi connectivity index (χ0) is 18.7. The number of H-pyrrole nitrogens is 1. The molecule has 2 heterocycles. The van der Waals surface area contributed by atoms with Crippen LogP contribution in [0, 0.1) is 0 Å². The van der Waals surface area contributed by atoms with Gasteiger partial charge in [-0.3, -0.25) is 4.79 Å². The molecular weight excluding hydrogens is 350 g/mol. The van der Waals surface area contributed by atoms with Crippen molar-refractivity contribution in [1.82, 2.24) is 9.97 Å². The Morgan fingerprint density at radius 1 is 1.27 bits per heavy atom. The summed E-state index contributed by atoms with van der Waals surface area (Å²) < 4.78 is 5.25. The van der Waals surface area contributed by atoms with Crippen LogP contribution in [0.4, 0.5) is 5.82 Å². The van der Waals surface area contributed by atoms with E-state index < -0.39 is 11.9 Å². The highest BCUT2D eigenvalue weighted by atomic mass is 32.2. The molecule has 6 nitrogen and oxygen atoms in total. The van der Waals surface area contributed by atoms with Crippen LogP contribution in [-0.4, -0.2) is 28.3 Å². The maximum atomic E-state index is 12.9. The number of carbonyl (C=O) groups excluding carboxylic acids is 1. The normalized spacial score (nSPS) is 16.0. The quantitative estimate of drug-likeness (QED) is 0.477. The van der Waals surface area contributed by atoms with E-state index in [1.807, 2.05) is 37.3 Å². The minimum Gasteiger partial charge on any atom is -0.463 e. The molecule has 1 aliphatic rings. The maximum absolute atomic E-state index is 12.9. The molecule has 1 unspecified atom stereocenters. The van der Waals surface area contributed by atoms with Crippen LogP contribution in [0.15, 0.2) is 51.6 Å². The number of allylic oxidation sites excluding steroid dienone is 1. The number of benzene rings is 1. The van der Waals surface area contributed by atoms with E-state index in [9.17, 15) is 9.59 Å². The summed E-state index contributed by atoms with van der Waals surface area (Å²) in [5, 5.41) is 3.68. The van der Waals surface area contributed by atoms with Gasteiger partial charge in [0.05, 0.1) is 23.7 Å². The third-order valence-electron chi connectivity index (χ3n) is 4.13. The van der Waals surface area contributed by atoms with E-state index in [-0.39, 0.29) is 12.2 Å². The molecule has 26 heavy (non-hydrogen) atoms. The van der Waals surface area contributed by atoms with Crippen LogP contribution in [0.25, 0.3) is 0 Å². The Hall–Kier alpha value is -2.54. The van der Waals surface area contributed by atoms with E-state index in [2.05, 4.69) is 15.3 Å². The number of nitrogens with zero attached hydrogens (tertiary/aromatic N) is 1. The SMILES string of the molecule is CCOC(=O)C1=C(C)Nc2nc(SCC)[nH]c(=O)c2C1c1ccccc1. The van der Waals surface area contributed by atoms with E-state index in [4.69, 9.17) is 4.74 Å². The largest absolute Gasteiger partial charge is 0.463 e. The Labute approximate surface area is 156 Å². The monoisotopic (exact) mass is 371 g/mol. The highest BCUT2D eigenvalue weighted by Gasteiger charge is 2.36. The summed E-state index contributed by atoms with van der Waals surface area (Å²) in [5.41, 5.74) is 2.12. The van der Waals surface area contributed by atoms with Crippen molar-refractivity contribution in [3.63, 3.8) is 0 Å². The lowest BCUT2D eigenvalue weighted by molar-refractivity contribution is -0.138. The van der Waals surface area contributed by atoms with Gasteiger partial charge in [-0.2, -0.15) is 0 Å². The van der Waals surface area contributed by atoms with Crippen molar-refractivity contribution in [3.8, 4) is 0 Å². The molecule has 136 valence electrons. The number of hydrogen-bond donors (Lipinski definition) is 2. The molecule has 2 N–H and O–H groups in total. The van der Waals surface area contributed by atoms with Crippen LogP contribution in [0.5, 0.6) is 0 Å². The lowest BCUT2D eigenvalue weighted by Gasteiger charge is -2.28. The summed E-state index contributed by atoms with van der Waals surface area (Å²) in [6.07, 6.45) is 0. The predicted octanol–water partition coefficient (Wildman–Crippen LogP) is 3.28. The predicted molar refractivity (Wildman–Crippen MR) is 102 cm³/mol. The van der Waals surface area contributed by atoms with Gasteiger partial charge in [-0.15, -0.1) is 0 Å². The topological polar surface area (TPSA) is 84.1 Å². The average Bonchev–Trinajstić information content (AvgIpc) is 2.61. The summed E-state index contributed by atoms with van der Waals surface area (Å²) in [6.45, 7) is 5.83. The van der Waals surface area contributed by atoms with Gasteiger partial charge in [-0.25, -0.2) is 9.78 Å². The first kappa shape index (κ1) is 18.3. The number of fused-ring (bicyclic) bond motifs is 1. The summed E-state index contributed by atoms with van der Waals surface area (Å²) in [6, 6.07) is 9.48. The molecule has 0 amide bonds. The number of hydrogen-bond acceptors (Lipinski definition) is 6. The standard InChI is InChI=1S/C19H21N3O3S/c1-4-25-18(24)13-11(3)20-16-15(14(13)12-9-7-6-8-10-12)17(23)22-19(21-16)26-5-2/h6-10,14H,4-5H2,1-3H3,(H2,20,21,22,23). The van der Waals surface area contributed by atoms with Gasteiger partial charge in [0, 0.05) is 5.70 Å². The lowest BCUT2D eigenvalue weighted by Crippen LogP contribution is -2.31. The van der Waals surface area contributed by atoms with Gasteiger partial charge in [0.15, 0.2) is 5.16 Å². The van der Waals surface area contributed by atoms with Crippen molar-refractivity contribution in [1.29, 1.82) is 0 Å². The van der Waals surface area contributed by atoms with Gasteiger partial charge < -0.3 is 15.0 Å². The second kappa shape index (κ2) is 7.78. The van der Waals surface area contributed by atoms with Crippen molar-refractivity contribution in [2.45, 2.75) is 31.8 Å². The first-order valence-electron chi connectivity index (χ1n) is 8.53. The minimum atomic E-state index is -0.525. The van der Waals surface area contributed by atoms with Crippen LogP contribution in [-0.2, 0) is 9.53 Å². The molecule has 1 aromatic heterocycles. The maximum Gasteiger partial charge on any atom is 0.336 e. The summed E-state index contributed by atoms with van der Waals surface area (Å²) in [7, 11) is 0. The molecule has 0 aliphatic carbocycles. The summed E-state index contributed by atoms with van der Waals surface area (Å²) in [5.74, 6) is 0.336. The highest BCUT2D eigenvalue weighted by Crippen LogP contribution is 2.39. The second-order valence-corrected chi connectivity index (χ2v) is 7.05. The zero-order valence-corrected chi connectivity index (χ0v) is 15.8. The molecule has 7 heteroatoms. The van der Waals surface area contributed by atoms with Gasteiger partial charge in [0.25, 0.3) is 5.56 Å². The fraction of sp³-hybridized carbons (Fsp3) is 0.316. The van der Waals surface area contributed by atoms with E-state index in [0.29, 0.717) is 27.8 Å². The molecule has 0 bridgehead atoms. The zero-order valence-electron chi connectivity index (χ0n) is 15.0. The van der Waals surface area contributed by atoms with Crippen molar-refractivity contribution in [2.75, 3.05) is 17.7 Å². The number of esters is 1. The van der Waals surface area contributed by atoms with Crippen LogP contribution in [0.2, 0.25) is 0 Å². The summed E-state index contributed by atoms with van der Waals surface area (Å²) >= 11 is 1.46. The fourth-order valence-corrected chi connectivity index (χ4v) is 3.69. The fourth-order valence-electron chi connectivity index (χ4n) is 3.09. The average molecular weight is 371 g/mol. The Morgan fingerprint density at radius 3 is 2.65 bits per heavy atom. The number of aromatic amines is 1. The molecule has 0 radical (unpaired) electrons. The van der Waals surface area contributed by atoms with Crippen LogP contribution >= 0.6 is 11.8 Å². The van der Waals surface area contributed by atoms with E-state index >= 15 is 0 Å².